The molecule has 19 heavy (non-hydrogen) atoms. The van der Waals surface area contributed by atoms with Gasteiger partial charge < -0.3 is 10.1 Å². The van der Waals surface area contributed by atoms with Crippen molar-refractivity contribution in [2.45, 2.75) is 65.3 Å². The SMILES string of the molecule is CCC[C@H]1CC[C@@H]2C(=C(C(=O)OCC)CC[C@@H]2C)N1. The molecule has 3 heteroatoms. The molecule has 0 radical (unpaired) electrons. The fourth-order valence-electron chi connectivity index (χ4n) is 3.51. The molecule has 2 rings (SSSR count). The topological polar surface area (TPSA) is 38.3 Å². The summed E-state index contributed by atoms with van der Waals surface area (Å²) in [5.41, 5.74) is 2.13. The summed E-state index contributed by atoms with van der Waals surface area (Å²) >= 11 is 0. The van der Waals surface area contributed by atoms with Gasteiger partial charge >= 0.3 is 5.97 Å². The zero-order valence-electron chi connectivity index (χ0n) is 12.5. The third kappa shape index (κ3) is 3.13. The molecular weight excluding hydrogens is 238 g/mol. The summed E-state index contributed by atoms with van der Waals surface area (Å²) in [5, 5.41) is 3.65. The van der Waals surface area contributed by atoms with E-state index in [0.29, 0.717) is 24.5 Å². The average molecular weight is 265 g/mol. The van der Waals surface area contributed by atoms with E-state index in [9.17, 15) is 4.79 Å². The van der Waals surface area contributed by atoms with Gasteiger partial charge in [0.1, 0.15) is 0 Å². The summed E-state index contributed by atoms with van der Waals surface area (Å²) in [6, 6.07) is 0.547. The van der Waals surface area contributed by atoms with Crippen molar-refractivity contribution in [1.82, 2.24) is 5.32 Å². The molecule has 0 aromatic carbocycles. The molecule has 0 spiro atoms. The molecule has 3 nitrogen and oxygen atoms in total. The van der Waals surface area contributed by atoms with Crippen molar-refractivity contribution < 1.29 is 9.53 Å². The van der Waals surface area contributed by atoms with Crippen LogP contribution >= 0.6 is 0 Å². The van der Waals surface area contributed by atoms with E-state index in [4.69, 9.17) is 4.74 Å². The number of ether oxygens (including phenoxy) is 1. The van der Waals surface area contributed by atoms with Crippen LogP contribution in [0.25, 0.3) is 0 Å². The largest absolute Gasteiger partial charge is 0.463 e. The van der Waals surface area contributed by atoms with Crippen LogP contribution in [-0.2, 0) is 9.53 Å². The van der Waals surface area contributed by atoms with Crippen molar-refractivity contribution in [3.63, 3.8) is 0 Å². The molecule has 0 amide bonds. The molecule has 1 aliphatic heterocycles. The minimum Gasteiger partial charge on any atom is -0.463 e. The maximum atomic E-state index is 12.1. The molecule has 1 fully saturated rings. The third-order valence-electron chi connectivity index (χ3n) is 4.58. The second kappa shape index (κ2) is 6.44. The predicted octanol–water partition coefficient (Wildman–Crippen LogP) is 3.40. The van der Waals surface area contributed by atoms with Crippen molar-refractivity contribution in [2.75, 3.05) is 6.61 Å². The summed E-state index contributed by atoms with van der Waals surface area (Å²) in [4.78, 5) is 12.1. The second-order valence-electron chi connectivity index (χ2n) is 5.94. The van der Waals surface area contributed by atoms with Gasteiger partial charge in [-0.1, -0.05) is 20.3 Å². The highest BCUT2D eigenvalue weighted by Gasteiger charge is 2.36. The Hall–Kier alpha value is -0.990. The summed E-state index contributed by atoms with van der Waals surface area (Å²) in [6.07, 6.45) is 6.83. The number of esters is 1. The molecule has 3 atom stereocenters. The van der Waals surface area contributed by atoms with Crippen LogP contribution in [0, 0.1) is 11.8 Å². The molecule has 1 N–H and O–H groups in total. The van der Waals surface area contributed by atoms with E-state index in [-0.39, 0.29) is 5.97 Å². The van der Waals surface area contributed by atoms with Gasteiger partial charge in [-0.05, 0) is 44.9 Å². The zero-order chi connectivity index (χ0) is 13.8. The van der Waals surface area contributed by atoms with Crippen molar-refractivity contribution >= 4 is 5.97 Å². The zero-order valence-corrected chi connectivity index (χ0v) is 12.5. The van der Waals surface area contributed by atoms with Crippen molar-refractivity contribution in [1.29, 1.82) is 0 Å². The molecule has 108 valence electrons. The van der Waals surface area contributed by atoms with Crippen LogP contribution in [0.5, 0.6) is 0 Å². The standard InChI is InChI=1S/C16H27NO2/c1-4-6-12-8-10-13-11(3)7-9-14(15(13)17-12)16(18)19-5-2/h11-13,17H,4-10H2,1-3H3/t11-,12-,13-/m0/s1. The van der Waals surface area contributed by atoms with Crippen molar-refractivity contribution in [3.05, 3.63) is 11.3 Å². The van der Waals surface area contributed by atoms with E-state index in [1.807, 2.05) is 6.92 Å². The quantitative estimate of drug-likeness (QED) is 0.792. The fourth-order valence-corrected chi connectivity index (χ4v) is 3.51. The smallest absolute Gasteiger partial charge is 0.335 e. The van der Waals surface area contributed by atoms with Gasteiger partial charge in [0.05, 0.1) is 12.2 Å². The number of carbonyl (C=O) groups is 1. The van der Waals surface area contributed by atoms with Crippen LogP contribution in [0.4, 0.5) is 0 Å². The van der Waals surface area contributed by atoms with Gasteiger partial charge in [-0.3, -0.25) is 0 Å². The van der Waals surface area contributed by atoms with E-state index >= 15 is 0 Å². The lowest BCUT2D eigenvalue weighted by atomic mass is 9.73. The maximum absolute atomic E-state index is 12.1. The highest BCUT2D eigenvalue weighted by molar-refractivity contribution is 5.89. The van der Waals surface area contributed by atoms with E-state index < -0.39 is 0 Å². The molecule has 1 aliphatic carbocycles. The van der Waals surface area contributed by atoms with Gasteiger partial charge in [0, 0.05) is 17.7 Å². The highest BCUT2D eigenvalue weighted by atomic mass is 16.5. The number of allylic oxidation sites excluding steroid dienone is 1. The average Bonchev–Trinajstić information content (AvgIpc) is 2.39. The third-order valence-corrected chi connectivity index (χ3v) is 4.58. The number of carbonyl (C=O) groups excluding carboxylic acids is 1. The van der Waals surface area contributed by atoms with Crippen LogP contribution in [-0.4, -0.2) is 18.6 Å². The summed E-state index contributed by atoms with van der Waals surface area (Å²) in [6.45, 7) is 6.88. The van der Waals surface area contributed by atoms with Gasteiger partial charge in [-0.25, -0.2) is 4.79 Å². The molecule has 2 aliphatic rings. The fraction of sp³-hybridized carbons (Fsp3) is 0.812. The lowest BCUT2D eigenvalue weighted by molar-refractivity contribution is -0.139. The molecule has 0 bridgehead atoms. The Morgan fingerprint density at radius 2 is 2.11 bits per heavy atom. The number of fused-ring (bicyclic) bond motifs is 1. The number of piperidine rings is 1. The summed E-state index contributed by atoms with van der Waals surface area (Å²) in [7, 11) is 0. The van der Waals surface area contributed by atoms with Crippen molar-refractivity contribution in [3.8, 4) is 0 Å². The first-order valence-electron chi connectivity index (χ1n) is 7.84. The Kier molecular flexibility index (Phi) is 4.89. The Bertz CT molecular complexity index is 362. The van der Waals surface area contributed by atoms with Crippen LogP contribution in [0.1, 0.15) is 59.3 Å². The van der Waals surface area contributed by atoms with E-state index in [1.54, 1.807) is 0 Å². The number of hydrogen-bond acceptors (Lipinski definition) is 3. The Morgan fingerprint density at radius 3 is 2.79 bits per heavy atom. The van der Waals surface area contributed by atoms with Gasteiger partial charge in [0.25, 0.3) is 0 Å². The van der Waals surface area contributed by atoms with Crippen LogP contribution < -0.4 is 5.32 Å². The molecule has 0 unspecified atom stereocenters. The lowest BCUT2D eigenvalue weighted by Gasteiger charge is -2.40. The second-order valence-corrected chi connectivity index (χ2v) is 5.94. The summed E-state index contributed by atoms with van der Waals surface area (Å²) < 4.78 is 5.22. The molecule has 0 aromatic rings. The van der Waals surface area contributed by atoms with Gasteiger partial charge in [0.15, 0.2) is 0 Å². The van der Waals surface area contributed by atoms with Crippen LogP contribution in [0.15, 0.2) is 11.3 Å². The van der Waals surface area contributed by atoms with E-state index in [0.717, 1.165) is 18.4 Å². The maximum Gasteiger partial charge on any atom is 0.335 e. The van der Waals surface area contributed by atoms with Gasteiger partial charge in [-0.15, -0.1) is 0 Å². The monoisotopic (exact) mass is 265 g/mol. The Labute approximate surface area is 116 Å². The van der Waals surface area contributed by atoms with Gasteiger partial charge in [-0.2, -0.15) is 0 Å². The predicted molar refractivity (Wildman–Crippen MR) is 76.6 cm³/mol. The first-order valence-corrected chi connectivity index (χ1v) is 7.84. The molecular formula is C16H27NO2. The first-order chi connectivity index (χ1) is 9.17. The highest BCUT2D eigenvalue weighted by Crippen LogP contribution is 2.40. The molecule has 1 saturated heterocycles. The van der Waals surface area contributed by atoms with E-state index in [2.05, 4.69) is 19.2 Å². The molecule has 0 saturated carbocycles. The normalized spacial score (nSPS) is 30.6. The molecule has 0 aromatic heterocycles. The minimum absolute atomic E-state index is 0.0981. The number of nitrogens with one attached hydrogen (secondary N) is 1. The lowest BCUT2D eigenvalue weighted by Crippen LogP contribution is -2.42. The Balaban J connectivity index is 2.20. The number of hydrogen-bond donors (Lipinski definition) is 1. The minimum atomic E-state index is -0.0981. The van der Waals surface area contributed by atoms with Crippen molar-refractivity contribution in [2.24, 2.45) is 11.8 Å². The van der Waals surface area contributed by atoms with Gasteiger partial charge in [0.2, 0.25) is 0 Å². The summed E-state index contributed by atoms with van der Waals surface area (Å²) in [5.74, 6) is 1.13. The Morgan fingerprint density at radius 1 is 1.32 bits per heavy atom. The molecule has 1 heterocycles. The van der Waals surface area contributed by atoms with Crippen LogP contribution in [0.2, 0.25) is 0 Å². The first kappa shape index (κ1) is 14.4. The van der Waals surface area contributed by atoms with E-state index in [1.165, 1.54) is 31.4 Å². The number of rotatable bonds is 4. The van der Waals surface area contributed by atoms with Crippen LogP contribution in [0.3, 0.4) is 0 Å².